The highest BCUT2D eigenvalue weighted by Gasteiger charge is 2.22. The zero-order chi connectivity index (χ0) is 13.0. The van der Waals surface area contributed by atoms with Gasteiger partial charge in [0.1, 0.15) is 5.75 Å². The number of rotatable bonds is 5. The van der Waals surface area contributed by atoms with E-state index >= 15 is 0 Å². The number of methoxy groups -OCH3 is 2. The van der Waals surface area contributed by atoms with Crippen LogP contribution in [-0.4, -0.2) is 25.3 Å². The second-order valence-corrected chi connectivity index (χ2v) is 3.70. The van der Waals surface area contributed by atoms with Crippen LogP contribution < -0.4 is 9.47 Å². The summed E-state index contributed by atoms with van der Waals surface area (Å²) in [6, 6.07) is 2.69. The fourth-order valence-corrected chi connectivity index (χ4v) is 1.77. The van der Waals surface area contributed by atoms with Gasteiger partial charge in [0.05, 0.1) is 20.6 Å². The number of benzene rings is 1. The van der Waals surface area contributed by atoms with E-state index in [4.69, 9.17) is 14.6 Å². The molecule has 4 nitrogen and oxygen atoms in total. The Bertz CT molecular complexity index is 417. The average molecular weight is 242 g/mol. The lowest BCUT2D eigenvalue weighted by Gasteiger charge is -2.18. The Balaban J connectivity index is 3.26. The molecule has 0 amide bonds. The Morgan fingerprint density at radius 3 is 2.53 bits per heavy atom. The van der Waals surface area contributed by atoms with Crippen LogP contribution in [0.1, 0.15) is 24.8 Å². The smallest absolute Gasteiger partial charge is 0.303 e. The molecule has 0 aliphatic rings. The summed E-state index contributed by atoms with van der Waals surface area (Å²) in [5, 5.41) is 8.77. The number of halogens is 1. The van der Waals surface area contributed by atoms with Gasteiger partial charge in [0, 0.05) is 5.56 Å². The minimum Gasteiger partial charge on any atom is -0.496 e. The number of carboxylic acid groups (broad SMARTS) is 1. The number of ether oxygens (including phenoxy) is 2. The third kappa shape index (κ3) is 2.87. The first-order valence-corrected chi connectivity index (χ1v) is 5.13. The zero-order valence-electron chi connectivity index (χ0n) is 9.99. The monoisotopic (exact) mass is 242 g/mol. The molecule has 0 radical (unpaired) electrons. The van der Waals surface area contributed by atoms with Gasteiger partial charge in [-0.2, -0.15) is 0 Å². The molecule has 1 rings (SSSR count). The van der Waals surface area contributed by atoms with Crippen LogP contribution in [0, 0.1) is 5.82 Å². The number of carbonyl (C=O) groups is 1. The topological polar surface area (TPSA) is 55.8 Å². The quantitative estimate of drug-likeness (QED) is 0.861. The first-order valence-electron chi connectivity index (χ1n) is 5.13. The fourth-order valence-electron chi connectivity index (χ4n) is 1.77. The van der Waals surface area contributed by atoms with Crippen molar-refractivity contribution in [1.82, 2.24) is 0 Å². The molecule has 1 N–H and O–H groups in total. The highest BCUT2D eigenvalue weighted by Crippen LogP contribution is 2.38. The van der Waals surface area contributed by atoms with Gasteiger partial charge in [-0.1, -0.05) is 6.92 Å². The molecule has 94 valence electrons. The van der Waals surface area contributed by atoms with Crippen LogP contribution in [0.15, 0.2) is 12.1 Å². The summed E-state index contributed by atoms with van der Waals surface area (Å²) in [7, 11) is 2.79. The van der Waals surface area contributed by atoms with E-state index < -0.39 is 17.7 Å². The minimum atomic E-state index is -0.953. The van der Waals surface area contributed by atoms with Crippen molar-refractivity contribution in [2.24, 2.45) is 0 Å². The average Bonchev–Trinajstić information content (AvgIpc) is 2.27. The van der Waals surface area contributed by atoms with E-state index in [9.17, 15) is 9.18 Å². The highest BCUT2D eigenvalue weighted by molar-refractivity contribution is 5.68. The molecule has 0 saturated heterocycles. The summed E-state index contributed by atoms with van der Waals surface area (Å²) in [6.45, 7) is 1.69. The standard InChI is InChI=1S/C12H15FO4/c1-7(6-10(14)15)11-9(16-2)5-4-8(13)12(11)17-3/h4-5,7H,6H2,1-3H3,(H,14,15). The summed E-state index contributed by atoms with van der Waals surface area (Å²) in [5.74, 6) is -1.41. The summed E-state index contributed by atoms with van der Waals surface area (Å²) < 4.78 is 23.6. The number of hydrogen-bond donors (Lipinski definition) is 1. The van der Waals surface area contributed by atoms with Crippen LogP contribution in [0.3, 0.4) is 0 Å². The van der Waals surface area contributed by atoms with Crippen LogP contribution in [0.4, 0.5) is 4.39 Å². The zero-order valence-corrected chi connectivity index (χ0v) is 9.99. The first kappa shape index (κ1) is 13.3. The molecule has 17 heavy (non-hydrogen) atoms. The van der Waals surface area contributed by atoms with E-state index in [1.807, 2.05) is 0 Å². The lowest BCUT2D eigenvalue weighted by atomic mass is 9.95. The lowest BCUT2D eigenvalue weighted by molar-refractivity contribution is -0.137. The third-order valence-corrected chi connectivity index (χ3v) is 2.51. The largest absolute Gasteiger partial charge is 0.496 e. The summed E-state index contributed by atoms with van der Waals surface area (Å²) in [4.78, 5) is 10.7. The van der Waals surface area contributed by atoms with Gasteiger partial charge >= 0.3 is 5.97 Å². The molecule has 0 fully saturated rings. The fraction of sp³-hybridized carbons (Fsp3) is 0.417. The molecule has 0 aliphatic carbocycles. The second-order valence-electron chi connectivity index (χ2n) is 3.70. The third-order valence-electron chi connectivity index (χ3n) is 2.51. The highest BCUT2D eigenvalue weighted by atomic mass is 19.1. The second kappa shape index (κ2) is 5.52. The molecule has 0 spiro atoms. The van der Waals surface area contributed by atoms with Gasteiger partial charge in [0.2, 0.25) is 0 Å². The first-order chi connectivity index (χ1) is 8.01. The van der Waals surface area contributed by atoms with E-state index in [0.717, 1.165) is 0 Å². The maximum atomic E-state index is 13.5. The van der Waals surface area contributed by atoms with Crippen LogP contribution >= 0.6 is 0 Å². The molecular formula is C12H15FO4. The van der Waals surface area contributed by atoms with Gasteiger partial charge in [-0.3, -0.25) is 4.79 Å². The summed E-state index contributed by atoms with van der Waals surface area (Å²) in [6.07, 6.45) is -0.115. The van der Waals surface area contributed by atoms with Crippen molar-refractivity contribution in [3.63, 3.8) is 0 Å². The molecule has 0 bridgehead atoms. The van der Waals surface area contributed by atoms with Gasteiger partial charge in [-0.25, -0.2) is 4.39 Å². The van der Waals surface area contributed by atoms with Crippen molar-refractivity contribution < 1.29 is 23.8 Å². The predicted octanol–water partition coefficient (Wildman–Crippen LogP) is 2.42. The van der Waals surface area contributed by atoms with Gasteiger partial charge < -0.3 is 14.6 Å². The Morgan fingerprint density at radius 2 is 2.06 bits per heavy atom. The Morgan fingerprint density at radius 1 is 1.41 bits per heavy atom. The molecule has 1 unspecified atom stereocenters. The maximum absolute atomic E-state index is 13.5. The van der Waals surface area contributed by atoms with E-state index in [-0.39, 0.29) is 12.2 Å². The van der Waals surface area contributed by atoms with E-state index in [0.29, 0.717) is 11.3 Å². The number of carboxylic acids is 1. The molecule has 1 aromatic rings. The van der Waals surface area contributed by atoms with E-state index in [1.54, 1.807) is 6.92 Å². The van der Waals surface area contributed by atoms with Gasteiger partial charge in [0.25, 0.3) is 0 Å². The van der Waals surface area contributed by atoms with Crippen molar-refractivity contribution in [3.05, 3.63) is 23.5 Å². The number of hydrogen-bond acceptors (Lipinski definition) is 3. The van der Waals surface area contributed by atoms with Crippen molar-refractivity contribution in [2.45, 2.75) is 19.3 Å². The van der Waals surface area contributed by atoms with Crippen LogP contribution in [0.5, 0.6) is 11.5 Å². The molecular weight excluding hydrogens is 227 g/mol. The Labute approximate surface area is 99.0 Å². The van der Waals surface area contributed by atoms with Crippen LogP contribution in [0.2, 0.25) is 0 Å². The minimum absolute atomic E-state index is 0.0399. The Hall–Kier alpha value is -1.78. The van der Waals surface area contributed by atoms with Crippen LogP contribution in [0.25, 0.3) is 0 Å². The van der Waals surface area contributed by atoms with Crippen molar-refractivity contribution in [2.75, 3.05) is 14.2 Å². The summed E-state index contributed by atoms with van der Waals surface area (Å²) in [5.41, 5.74) is 0.442. The molecule has 5 heteroatoms. The molecule has 1 atom stereocenters. The van der Waals surface area contributed by atoms with Crippen molar-refractivity contribution in [1.29, 1.82) is 0 Å². The molecule has 0 aliphatic heterocycles. The van der Waals surface area contributed by atoms with Gasteiger partial charge in [0.15, 0.2) is 11.6 Å². The SMILES string of the molecule is COc1ccc(F)c(OC)c1C(C)CC(=O)O. The van der Waals surface area contributed by atoms with Crippen LogP contribution in [-0.2, 0) is 4.79 Å². The van der Waals surface area contributed by atoms with Crippen molar-refractivity contribution in [3.8, 4) is 11.5 Å². The summed E-state index contributed by atoms with van der Waals surface area (Å²) >= 11 is 0. The molecule has 0 saturated carbocycles. The lowest BCUT2D eigenvalue weighted by Crippen LogP contribution is -2.07. The molecule has 0 heterocycles. The maximum Gasteiger partial charge on any atom is 0.303 e. The van der Waals surface area contributed by atoms with E-state index in [1.165, 1.54) is 26.4 Å². The van der Waals surface area contributed by atoms with Crippen molar-refractivity contribution >= 4 is 5.97 Å². The van der Waals surface area contributed by atoms with Gasteiger partial charge in [-0.15, -0.1) is 0 Å². The van der Waals surface area contributed by atoms with Gasteiger partial charge in [-0.05, 0) is 18.1 Å². The Kier molecular flexibility index (Phi) is 4.31. The normalized spacial score (nSPS) is 12.0. The number of aliphatic carboxylic acids is 1. The van der Waals surface area contributed by atoms with E-state index in [2.05, 4.69) is 0 Å². The molecule has 1 aromatic carbocycles. The molecule has 0 aromatic heterocycles. The predicted molar refractivity (Wildman–Crippen MR) is 60.2 cm³/mol.